The molecule has 0 bridgehead atoms. The molecule has 0 aliphatic carbocycles. The first kappa shape index (κ1) is 14.8. The summed E-state index contributed by atoms with van der Waals surface area (Å²) >= 11 is 0. The molecule has 116 valence electrons. The van der Waals surface area contributed by atoms with Crippen LogP contribution in [-0.4, -0.2) is 41.6 Å². The van der Waals surface area contributed by atoms with Crippen molar-refractivity contribution in [1.29, 1.82) is 0 Å². The van der Waals surface area contributed by atoms with Gasteiger partial charge >= 0.3 is 0 Å². The van der Waals surface area contributed by atoms with Gasteiger partial charge in [0.15, 0.2) is 0 Å². The standard InChI is InChI=1S/C17H21N3O2/c1-13-2-3-15-14(12-13)4-8-20(17(15)22)9-5-16(21)19-10-6-18-7-11-19/h2-4,8,12,18H,5-7,9-11H2,1H3. The van der Waals surface area contributed by atoms with Crippen LogP contribution in [0.4, 0.5) is 0 Å². The van der Waals surface area contributed by atoms with Crippen LogP contribution < -0.4 is 10.9 Å². The van der Waals surface area contributed by atoms with Crippen LogP contribution >= 0.6 is 0 Å². The number of aromatic nitrogens is 1. The normalized spacial score (nSPS) is 15.2. The fourth-order valence-corrected chi connectivity index (χ4v) is 2.87. The first-order valence-corrected chi connectivity index (χ1v) is 7.73. The lowest BCUT2D eigenvalue weighted by Gasteiger charge is -2.27. The third-order valence-corrected chi connectivity index (χ3v) is 4.17. The van der Waals surface area contributed by atoms with Crippen LogP contribution in [0.1, 0.15) is 12.0 Å². The molecule has 22 heavy (non-hydrogen) atoms. The van der Waals surface area contributed by atoms with Crippen molar-refractivity contribution in [3.63, 3.8) is 0 Å². The molecule has 0 radical (unpaired) electrons. The summed E-state index contributed by atoms with van der Waals surface area (Å²) < 4.78 is 1.64. The maximum Gasteiger partial charge on any atom is 0.258 e. The van der Waals surface area contributed by atoms with E-state index in [-0.39, 0.29) is 11.5 Å². The van der Waals surface area contributed by atoms with E-state index in [2.05, 4.69) is 5.32 Å². The van der Waals surface area contributed by atoms with Gasteiger partial charge in [0.2, 0.25) is 5.91 Å². The topological polar surface area (TPSA) is 54.3 Å². The SMILES string of the molecule is Cc1ccc2c(=O)n(CCC(=O)N3CCNCC3)ccc2c1. The van der Waals surface area contributed by atoms with Crippen LogP contribution in [0.25, 0.3) is 10.8 Å². The fourth-order valence-electron chi connectivity index (χ4n) is 2.87. The molecule has 3 rings (SSSR count). The Hall–Kier alpha value is -2.14. The molecule has 0 saturated carbocycles. The third-order valence-electron chi connectivity index (χ3n) is 4.17. The number of hydrogen-bond acceptors (Lipinski definition) is 3. The zero-order chi connectivity index (χ0) is 15.5. The van der Waals surface area contributed by atoms with Gasteiger partial charge in [-0.1, -0.05) is 17.7 Å². The Bertz CT molecular complexity index is 745. The number of fused-ring (bicyclic) bond motifs is 1. The summed E-state index contributed by atoms with van der Waals surface area (Å²) in [6, 6.07) is 7.76. The zero-order valence-electron chi connectivity index (χ0n) is 12.8. The van der Waals surface area contributed by atoms with E-state index in [4.69, 9.17) is 0 Å². The fraction of sp³-hybridized carbons (Fsp3) is 0.412. The first-order valence-electron chi connectivity index (χ1n) is 7.73. The van der Waals surface area contributed by atoms with Gasteiger partial charge in [-0.3, -0.25) is 9.59 Å². The Morgan fingerprint density at radius 1 is 1.23 bits per heavy atom. The number of carbonyl (C=O) groups is 1. The summed E-state index contributed by atoms with van der Waals surface area (Å²) in [4.78, 5) is 26.5. The zero-order valence-corrected chi connectivity index (χ0v) is 12.8. The highest BCUT2D eigenvalue weighted by Gasteiger charge is 2.16. The number of piperazine rings is 1. The largest absolute Gasteiger partial charge is 0.340 e. The van der Waals surface area contributed by atoms with Gasteiger partial charge in [0.25, 0.3) is 5.56 Å². The van der Waals surface area contributed by atoms with E-state index in [0.717, 1.165) is 37.1 Å². The van der Waals surface area contributed by atoms with Crippen LogP contribution in [0.15, 0.2) is 35.3 Å². The van der Waals surface area contributed by atoms with Crippen molar-refractivity contribution in [3.05, 3.63) is 46.4 Å². The Labute approximate surface area is 129 Å². The van der Waals surface area contributed by atoms with Crippen molar-refractivity contribution >= 4 is 16.7 Å². The molecule has 1 saturated heterocycles. The summed E-state index contributed by atoms with van der Waals surface area (Å²) in [6.07, 6.45) is 2.16. The van der Waals surface area contributed by atoms with Gasteiger partial charge < -0.3 is 14.8 Å². The number of hydrogen-bond donors (Lipinski definition) is 1. The molecule has 1 fully saturated rings. The minimum absolute atomic E-state index is 0.0226. The molecule has 1 aliphatic heterocycles. The Balaban J connectivity index is 1.74. The van der Waals surface area contributed by atoms with Gasteiger partial charge in [-0.15, -0.1) is 0 Å². The van der Waals surface area contributed by atoms with Crippen molar-refractivity contribution in [1.82, 2.24) is 14.8 Å². The van der Waals surface area contributed by atoms with Crippen LogP contribution in [0, 0.1) is 6.92 Å². The van der Waals surface area contributed by atoms with Gasteiger partial charge in [-0.2, -0.15) is 0 Å². The third kappa shape index (κ3) is 3.04. The lowest BCUT2D eigenvalue weighted by atomic mass is 10.1. The van der Waals surface area contributed by atoms with Crippen LogP contribution in [0.5, 0.6) is 0 Å². The predicted octanol–water partition coefficient (Wildman–Crippen LogP) is 1.13. The molecule has 0 atom stereocenters. The summed E-state index contributed by atoms with van der Waals surface area (Å²) in [5.74, 6) is 0.123. The average molecular weight is 299 g/mol. The quantitative estimate of drug-likeness (QED) is 0.924. The van der Waals surface area contributed by atoms with Gasteiger partial charge in [0, 0.05) is 50.7 Å². The minimum atomic E-state index is -0.0226. The Morgan fingerprint density at radius 2 is 2.00 bits per heavy atom. The maximum absolute atomic E-state index is 12.5. The van der Waals surface area contributed by atoms with Gasteiger partial charge in [0.05, 0.1) is 0 Å². The summed E-state index contributed by atoms with van der Waals surface area (Å²) in [6.45, 7) is 5.65. The number of aryl methyl sites for hydroxylation is 2. The van der Waals surface area contributed by atoms with E-state index >= 15 is 0 Å². The van der Waals surface area contributed by atoms with Crippen molar-refractivity contribution in [2.75, 3.05) is 26.2 Å². The van der Waals surface area contributed by atoms with Crippen molar-refractivity contribution in [3.8, 4) is 0 Å². The second kappa shape index (κ2) is 6.32. The molecule has 5 heteroatoms. The lowest BCUT2D eigenvalue weighted by Crippen LogP contribution is -2.46. The molecule has 0 spiro atoms. The second-order valence-electron chi connectivity index (χ2n) is 5.79. The average Bonchev–Trinajstić information content (AvgIpc) is 2.54. The Morgan fingerprint density at radius 3 is 2.77 bits per heavy atom. The van der Waals surface area contributed by atoms with E-state index in [1.165, 1.54) is 0 Å². The van der Waals surface area contributed by atoms with E-state index < -0.39 is 0 Å². The molecule has 2 heterocycles. The van der Waals surface area contributed by atoms with E-state index in [1.807, 2.05) is 36.1 Å². The van der Waals surface area contributed by atoms with E-state index in [1.54, 1.807) is 10.8 Å². The monoisotopic (exact) mass is 299 g/mol. The van der Waals surface area contributed by atoms with E-state index in [9.17, 15) is 9.59 Å². The van der Waals surface area contributed by atoms with Crippen molar-refractivity contribution in [2.24, 2.45) is 0 Å². The molecule has 1 N–H and O–H groups in total. The molecule has 5 nitrogen and oxygen atoms in total. The number of amides is 1. The molecule has 2 aromatic rings. The Kier molecular flexibility index (Phi) is 4.24. The number of rotatable bonds is 3. The molecular weight excluding hydrogens is 278 g/mol. The summed E-state index contributed by atoms with van der Waals surface area (Å²) in [5.41, 5.74) is 1.11. The highest BCUT2D eigenvalue weighted by atomic mass is 16.2. The highest BCUT2D eigenvalue weighted by molar-refractivity contribution is 5.82. The van der Waals surface area contributed by atoms with Crippen LogP contribution in [0.2, 0.25) is 0 Å². The van der Waals surface area contributed by atoms with Crippen molar-refractivity contribution in [2.45, 2.75) is 19.9 Å². The molecule has 1 aromatic heterocycles. The summed E-state index contributed by atoms with van der Waals surface area (Å²) in [5, 5.41) is 4.89. The predicted molar refractivity (Wildman–Crippen MR) is 87.0 cm³/mol. The highest BCUT2D eigenvalue weighted by Crippen LogP contribution is 2.12. The number of nitrogens with zero attached hydrogens (tertiary/aromatic N) is 2. The van der Waals surface area contributed by atoms with E-state index in [0.29, 0.717) is 18.4 Å². The number of carbonyl (C=O) groups excluding carboxylic acids is 1. The van der Waals surface area contributed by atoms with Crippen molar-refractivity contribution < 1.29 is 4.79 Å². The first-order chi connectivity index (χ1) is 10.6. The summed E-state index contributed by atoms with van der Waals surface area (Å²) in [7, 11) is 0. The number of pyridine rings is 1. The number of benzene rings is 1. The lowest BCUT2D eigenvalue weighted by molar-refractivity contribution is -0.132. The molecular formula is C17H21N3O2. The smallest absolute Gasteiger partial charge is 0.258 e. The maximum atomic E-state index is 12.5. The number of nitrogens with one attached hydrogen (secondary N) is 1. The molecule has 1 aromatic carbocycles. The molecule has 1 aliphatic rings. The minimum Gasteiger partial charge on any atom is -0.340 e. The second-order valence-corrected chi connectivity index (χ2v) is 5.79. The molecule has 1 amide bonds. The molecule has 0 unspecified atom stereocenters. The van der Waals surface area contributed by atoms with Gasteiger partial charge in [-0.05, 0) is 24.4 Å². The van der Waals surface area contributed by atoms with Gasteiger partial charge in [0.1, 0.15) is 0 Å². The van der Waals surface area contributed by atoms with Gasteiger partial charge in [-0.25, -0.2) is 0 Å². The van der Waals surface area contributed by atoms with Crippen LogP contribution in [-0.2, 0) is 11.3 Å². The van der Waals surface area contributed by atoms with Crippen LogP contribution in [0.3, 0.4) is 0 Å².